The lowest BCUT2D eigenvalue weighted by molar-refractivity contribution is 0.464. The first-order chi connectivity index (χ1) is 10.1. The van der Waals surface area contributed by atoms with Gasteiger partial charge in [0.05, 0.1) is 6.26 Å². The number of hydrogen-bond acceptors (Lipinski definition) is 4. The van der Waals surface area contributed by atoms with E-state index in [0.29, 0.717) is 24.5 Å². The van der Waals surface area contributed by atoms with Gasteiger partial charge >= 0.3 is 0 Å². The Labute approximate surface area is 124 Å². The van der Waals surface area contributed by atoms with Gasteiger partial charge in [-0.05, 0) is 42.7 Å². The lowest BCUT2D eigenvalue weighted by Gasteiger charge is -2.16. The van der Waals surface area contributed by atoms with Crippen LogP contribution >= 0.6 is 0 Å². The second-order valence-corrected chi connectivity index (χ2v) is 6.71. The Bertz CT molecular complexity index is 692. The molecule has 112 valence electrons. The Kier molecular flexibility index (Phi) is 4.05. The van der Waals surface area contributed by atoms with Gasteiger partial charge in [-0.25, -0.2) is 0 Å². The molecule has 0 bridgehead atoms. The highest BCUT2D eigenvalue weighted by Gasteiger charge is 2.24. The predicted molar refractivity (Wildman–Crippen MR) is 78.5 cm³/mol. The van der Waals surface area contributed by atoms with E-state index in [2.05, 4.69) is 9.71 Å². The van der Waals surface area contributed by atoms with Crippen LogP contribution in [-0.4, -0.2) is 30.8 Å². The molecule has 0 radical (unpaired) electrons. The normalized spacial score (nSPS) is 16.4. The smallest absolute Gasteiger partial charge is 0.279 e. The third-order valence-electron chi connectivity index (χ3n) is 3.46. The Balaban J connectivity index is 1.69. The van der Waals surface area contributed by atoms with Crippen LogP contribution in [0.25, 0.3) is 11.5 Å². The van der Waals surface area contributed by atoms with Crippen molar-refractivity contribution >= 4 is 10.2 Å². The molecular weight excluding hydrogens is 290 g/mol. The summed E-state index contributed by atoms with van der Waals surface area (Å²) in [6.45, 7) is 1.45. The molecule has 0 aliphatic carbocycles. The molecule has 0 spiro atoms. The standard InChI is InChI=1S/C14H17N3O3S/c18-21(19,17-7-1-2-8-17)16-11-12-5-6-15-13(10-12)14-4-3-9-20-14/h3-6,9-10,16H,1-2,7-8,11H2. The van der Waals surface area contributed by atoms with Gasteiger partial charge in [-0.1, -0.05) is 0 Å². The van der Waals surface area contributed by atoms with E-state index in [-0.39, 0.29) is 6.54 Å². The fourth-order valence-corrected chi connectivity index (χ4v) is 3.61. The van der Waals surface area contributed by atoms with Crippen molar-refractivity contribution in [2.24, 2.45) is 0 Å². The summed E-state index contributed by atoms with van der Waals surface area (Å²) >= 11 is 0. The maximum Gasteiger partial charge on any atom is 0.279 e. The zero-order valence-corrected chi connectivity index (χ0v) is 12.3. The van der Waals surface area contributed by atoms with Crippen molar-refractivity contribution in [1.82, 2.24) is 14.0 Å². The topological polar surface area (TPSA) is 75.4 Å². The molecule has 3 rings (SSSR count). The van der Waals surface area contributed by atoms with Crippen molar-refractivity contribution in [2.75, 3.05) is 13.1 Å². The monoisotopic (exact) mass is 307 g/mol. The van der Waals surface area contributed by atoms with Gasteiger partial charge in [0, 0.05) is 25.8 Å². The summed E-state index contributed by atoms with van der Waals surface area (Å²) in [6, 6.07) is 7.23. The van der Waals surface area contributed by atoms with E-state index in [1.54, 1.807) is 24.6 Å². The van der Waals surface area contributed by atoms with Gasteiger partial charge in [0.2, 0.25) is 0 Å². The summed E-state index contributed by atoms with van der Waals surface area (Å²) in [4.78, 5) is 4.22. The Morgan fingerprint density at radius 1 is 1.29 bits per heavy atom. The SMILES string of the molecule is O=S(=O)(NCc1ccnc(-c2ccco2)c1)N1CCCC1. The second kappa shape index (κ2) is 5.97. The van der Waals surface area contributed by atoms with Crippen LogP contribution in [0.1, 0.15) is 18.4 Å². The van der Waals surface area contributed by atoms with Crippen molar-refractivity contribution in [2.45, 2.75) is 19.4 Å². The molecule has 0 atom stereocenters. The third kappa shape index (κ3) is 3.31. The highest BCUT2D eigenvalue weighted by atomic mass is 32.2. The Hall–Kier alpha value is -1.70. The van der Waals surface area contributed by atoms with Crippen molar-refractivity contribution in [3.63, 3.8) is 0 Å². The summed E-state index contributed by atoms with van der Waals surface area (Å²) in [7, 11) is -3.39. The molecule has 21 heavy (non-hydrogen) atoms. The largest absolute Gasteiger partial charge is 0.463 e. The van der Waals surface area contributed by atoms with E-state index in [4.69, 9.17) is 4.42 Å². The van der Waals surface area contributed by atoms with Crippen LogP contribution in [0.2, 0.25) is 0 Å². The minimum absolute atomic E-state index is 0.245. The van der Waals surface area contributed by atoms with Crippen LogP contribution in [0.4, 0.5) is 0 Å². The van der Waals surface area contributed by atoms with Crippen molar-refractivity contribution in [3.05, 3.63) is 42.3 Å². The van der Waals surface area contributed by atoms with Gasteiger partial charge in [-0.2, -0.15) is 17.4 Å². The molecule has 1 aliphatic rings. The van der Waals surface area contributed by atoms with Crippen molar-refractivity contribution < 1.29 is 12.8 Å². The summed E-state index contributed by atoms with van der Waals surface area (Å²) in [5, 5.41) is 0. The van der Waals surface area contributed by atoms with Crippen molar-refractivity contribution in [1.29, 1.82) is 0 Å². The number of aromatic nitrogens is 1. The van der Waals surface area contributed by atoms with Crippen molar-refractivity contribution in [3.8, 4) is 11.5 Å². The minimum Gasteiger partial charge on any atom is -0.463 e. The highest BCUT2D eigenvalue weighted by Crippen LogP contribution is 2.18. The van der Waals surface area contributed by atoms with Gasteiger partial charge in [0.1, 0.15) is 5.69 Å². The lowest BCUT2D eigenvalue weighted by atomic mass is 10.2. The van der Waals surface area contributed by atoms with Crippen LogP contribution in [0.5, 0.6) is 0 Å². The number of pyridine rings is 1. The van der Waals surface area contributed by atoms with Gasteiger partial charge < -0.3 is 4.42 Å². The van der Waals surface area contributed by atoms with E-state index in [1.807, 2.05) is 12.1 Å². The maximum atomic E-state index is 12.1. The molecule has 6 nitrogen and oxygen atoms in total. The lowest BCUT2D eigenvalue weighted by Crippen LogP contribution is -2.38. The molecule has 3 heterocycles. The molecule has 0 aromatic carbocycles. The average Bonchev–Trinajstić information content (AvgIpc) is 3.18. The number of nitrogens with zero attached hydrogens (tertiary/aromatic N) is 2. The first-order valence-corrected chi connectivity index (χ1v) is 8.33. The number of furan rings is 1. The number of rotatable bonds is 5. The molecule has 2 aromatic rings. The van der Waals surface area contributed by atoms with Crippen LogP contribution in [0.3, 0.4) is 0 Å². The molecule has 0 saturated carbocycles. The molecule has 2 aromatic heterocycles. The molecule has 1 fully saturated rings. The quantitative estimate of drug-likeness (QED) is 0.913. The van der Waals surface area contributed by atoms with E-state index in [0.717, 1.165) is 18.4 Å². The van der Waals surface area contributed by atoms with E-state index in [1.165, 1.54) is 4.31 Å². The Morgan fingerprint density at radius 3 is 2.81 bits per heavy atom. The Morgan fingerprint density at radius 2 is 2.10 bits per heavy atom. The molecule has 7 heteroatoms. The van der Waals surface area contributed by atoms with E-state index in [9.17, 15) is 8.42 Å². The zero-order chi connectivity index (χ0) is 14.7. The molecular formula is C14H17N3O3S. The van der Waals surface area contributed by atoms with E-state index < -0.39 is 10.2 Å². The summed E-state index contributed by atoms with van der Waals surface area (Å²) in [5.41, 5.74) is 1.54. The number of hydrogen-bond donors (Lipinski definition) is 1. The summed E-state index contributed by atoms with van der Waals surface area (Å²) in [6.07, 6.45) is 5.09. The fourth-order valence-electron chi connectivity index (χ4n) is 2.34. The van der Waals surface area contributed by atoms with Gasteiger partial charge in [-0.15, -0.1) is 0 Å². The molecule has 1 N–H and O–H groups in total. The minimum atomic E-state index is -3.39. The molecule has 1 saturated heterocycles. The molecule has 0 amide bonds. The summed E-state index contributed by atoms with van der Waals surface area (Å²) < 4.78 is 33.6. The van der Waals surface area contributed by atoms with Gasteiger partial charge in [0.25, 0.3) is 10.2 Å². The maximum absolute atomic E-state index is 12.1. The summed E-state index contributed by atoms with van der Waals surface area (Å²) in [5.74, 6) is 0.666. The first kappa shape index (κ1) is 14.2. The van der Waals surface area contributed by atoms with Crippen LogP contribution in [-0.2, 0) is 16.8 Å². The zero-order valence-electron chi connectivity index (χ0n) is 11.5. The number of nitrogens with one attached hydrogen (secondary N) is 1. The molecule has 1 aliphatic heterocycles. The second-order valence-electron chi connectivity index (χ2n) is 4.96. The van der Waals surface area contributed by atoms with Gasteiger partial charge in [-0.3, -0.25) is 4.98 Å². The van der Waals surface area contributed by atoms with Crippen LogP contribution < -0.4 is 4.72 Å². The van der Waals surface area contributed by atoms with E-state index >= 15 is 0 Å². The highest BCUT2D eigenvalue weighted by molar-refractivity contribution is 7.87. The molecule has 0 unspecified atom stereocenters. The third-order valence-corrected chi connectivity index (χ3v) is 5.02. The predicted octanol–water partition coefficient (Wildman–Crippen LogP) is 1.77. The average molecular weight is 307 g/mol. The van der Waals surface area contributed by atoms with Crippen LogP contribution in [0, 0.1) is 0 Å². The van der Waals surface area contributed by atoms with Crippen LogP contribution in [0.15, 0.2) is 41.1 Å². The fraction of sp³-hybridized carbons (Fsp3) is 0.357. The first-order valence-electron chi connectivity index (χ1n) is 6.89. The van der Waals surface area contributed by atoms with Gasteiger partial charge in [0.15, 0.2) is 5.76 Å².